The molecule has 1 rings (SSSR count). The fourth-order valence-electron chi connectivity index (χ4n) is 3.75. The Morgan fingerprint density at radius 1 is 1.07 bits per heavy atom. The third-order valence-corrected chi connectivity index (χ3v) is 5.57. The standard InChI is InChI=1S/C23H41N3O2/c1-3-4-5-6-7-8-9-10-11-12-13-14-15-16-17-22-25-18-19-26(22,21(2)24)20-23(27)28/h9-10,18-19,21H,3-8,11-17,20,24H2,1-2H3/b10-9+. The first kappa shape index (κ1) is 24.6. The van der Waals surface area contributed by atoms with Crippen LogP contribution in [0.3, 0.4) is 0 Å². The van der Waals surface area contributed by atoms with Crippen LogP contribution in [0.5, 0.6) is 0 Å². The second-order valence-corrected chi connectivity index (χ2v) is 8.03. The summed E-state index contributed by atoms with van der Waals surface area (Å²) in [4.78, 5) is 15.5. The number of nitrogens with zero attached hydrogens (tertiary/aromatic N) is 2. The number of unbranched alkanes of at least 4 members (excludes halogenated alkanes) is 10. The Labute approximate surface area is 172 Å². The lowest BCUT2D eigenvalue weighted by Gasteiger charge is -2.36. The topological polar surface area (TPSA) is 78.5 Å². The van der Waals surface area contributed by atoms with Gasteiger partial charge in [0.15, 0.2) is 0 Å². The van der Waals surface area contributed by atoms with Gasteiger partial charge in [0.25, 0.3) is 0 Å². The molecule has 1 aliphatic rings. The van der Waals surface area contributed by atoms with E-state index in [1.807, 2.05) is 6.92 Å². The minimum atomic E-state index is -1.09. The maximum atomic E-state index is 11.1. The predicted molar refractivity (Wildman–Crippen MR) is 115 cm³/mol. The van der Waals surface area contributed by atoms with Gasteiger partial charge in [-0.15, -0.1) is 0 Å². The van der Waals surface area contributed by atoms with Crippen molar-refractivity contribution in [2.75, 3.05) is 6.54 Å². The van der Waals surface area contributed by atoms with Crippen LogP contribution in [0.4, 0.5) is 0 Å². The second-order valence-electron chi connectivity index (χ2n) is 8.03. The summed E-state index contributed by atoms with van der Waals surface area (Å²) in [5, 5.41) is 11.1. The van der Waals surface area contributed by atoms with E-state index in [-0.39, 0.29) is 17.2 Å². The van der Waals surface area contributed by atoms with Gasteiger partial charge in [-0.1, -0.05) is 64.0 Å². The molecule has 28 heavy (non-hydrogen) atoms. The highest BCUT2D eigenvalue weighted by Gasteiger charge is 2.38. The van der Waals surface area contributed by atoms with E-state index in [1.54, 1.807) is 12.4 Å². The summed E-state index contributed by atoms with van der Waals surface area (Å²) in [5.41, 5.74) is 6.06. The summed E-state index contributed by atoms with van der Waals surface area (Å²) < 4.78 is 0.103. The maximum absolute atomic E-state index is 11.1. The summed E-state index contributed by atoms with van der Waals surface area (Å²) in [6, 6.07) is 0. The molecule has 1 heterocycles. The zero-order chi connectivity index (χ0) is 20.7. The molecule has 0 spiro atoms. The molecule has 0 aliphatic carbocycles. The number of amidine groups is 1. The van der Waals surface area contributed by atoms with Crippen LogP contribution in [0.1, 0.15) is 97.3 Å². The van der Waals surface area contributed by atoms with Crippen molar-refractivity contribution in [2.45, 2.75) is 103 Å². The van der Waals surface area contributed by atoms with Gasteiger partial charge in [-0.05, 0) is 32.1 Å². The van der Waals surface area contributed by atoms with Crippen molar-refractivity contribution in [1.82, 2.24) is 0 Å². The zero-order valence-electron chi connectivity index (χ0n) is 18.1. The molecule has 0 aromatic rings. The largest absolute Gasteiger partial charge is 0.544 e. The van der Waals surface area contributed by atoms with Gasteiger partial charge in [-0.2, -0.15) is 0 Å². The Morgan fingerprint density at radius 2 is 1.64 bits per heavy atom. The molecule has 1 aliphatic heterocycles. The first-order valence-corrected chi connectivity index (χ1v) is 11.3. The van der Waals surface area contributed by atoms with Gasteiger partial charge < -0.3 is 9.90 Å². The minimum absolute atomic E-state index is 0.103. The molecule has 5 nitrogen and oxygen atoms in total. The van der Waals surface area contributed by atoms with Crippen molar-refractivity contribution in [3.05, 3.63) is 24.6 Å². The molecule has 0 fully saturated rings. The van der Waals surface area contributed by atoms with Crippen LogP contribution in [0.15, 0.2) is 29.5 Å². The van der Waals surface area contributed by atoms with E-state index in [0.717, 1.165) is 25.1 Å². The molecule has 0 saturated heterocycles. The third-order valence-electron chi connectivity index (χ3n) is 5.57. The van der Waals surface area contributed by atoms with Crippen LogP contribution in [0.2, 0.25) is 0 Å². The lowest BCUT2D eigenvalue weighted by atomic mass is 10.1. The van der Waals surface area contributed by atoms with Crippen molar-refractivity contribution in [1.29, 1.82) is 0 Å². The van der Waals surface area contributed by atoms with E-state index in [9.17, 15) is 9.90 Å². The number of carboxylic acid groups (broad SMARTS) is 1. The summed E-state index contributed by atoms with van der Waals surface area (Å²) >= 11 is 0. The number of hydrogen-bond acceptors (Lipinski definition) is 4. The summed E-state index contributed by atoms with van der Waals surface area (Å²) in [5.74, 6) is -0.244. The van der Waals surface area contributed by atoms with Crippen LogP contribution in [-0.4, -0.2) is 29.0 Å². The molecule has 160 valence electrons. The molecule has 2 unspecified atom stereocenters. The lowest BCUT2D eigenvalue weighted by Crippen LogP contribution is -2.60. The van der Waals surface area contributed by atoms with Crippen LogP contribution in [0, 0.1) is 0 Å². The number of carboxylic acids is 1. The Hall–Kier alpha value is -1.46. The number of aliphatic imine (C=N–C) groups is 1. The number of allylic oxidation sites excluding steroid dienone is 2. The van der Waals surface area contributed by atoms with Crippen molar-refractivity contribution >= 4 is 11.8 Å². The number of nitrogens with two attached hydrogens (primary N) is 1. The first-order chi connectivity index (χ1) is 13.5. The van der Waals surface area contributed by atoms with Crippen LogP contribution < -0.4 is 10.8 Å². The normalized spacial score (nSPS) is 20.0. The highest BCUT2D eigenvalue weighted by molar-refractivity contribution is 5.81. The Morgan fingerprint density at radius 3 is 2.21 bits per heavy atom. The van der Waals surface area contributed by atoms with Gasteiger partial charge in [0.2, 0.25) is 5.84 Å². The highest BCUT2D eigenvalue weighted by Crippen LogP contribution is 2.23. The molecule has 2 atom stereocenters. The molecule has 0 aromatic heterocycles. The average Bonchev–Trinajstić information content (AvgIpc) is 3.05. The van der Waals surface area contributed by atoms with Gasteiger partial charge >= 0.3 is 0 Å². The number of hydrogen-bond donors (Lipinski definition) is 1. The van der Waals surface area contributed by atoms with Gasteiger partial charge in [0.1, 0.15) is 18.9 Å². The molecule has 2 N–H and O–H groups in total. The molecule has 5 heteroatoms. The number of quaternary nitrogens is 1. The Kier molecular flexibility index (Phi) is 12.8. The van der Waals surface area contributed by atoms with E-state index in [4.69, 9.17) is 5.73 Å². The van der Waals surface area contributed by atoms with Gasteiger partial charge in [0, 0.05) is 13.3 Å². The van der Waals surface area contributed by atoms with Gasteiger partial charge in [-0.3, -0.25) is 5.73 Å². The molecule has 0 aromatic carbocycles. The van der Waals surface area contributed by atoms with E-state index in [2.05, 4.69) is 24.1 Å². The summed E-state index contributed by atoms with van der Waals surface area (Å²) in [7, 11) is 0. The zero-order valence-corrected chi connectivity index (χ0v) is 18.1. The molecular weight excluding hydrogens is 350 g/mol. The second kappa shape index (κ2) is 14.5. The van der Waals surface area contributed by atoms with E-state index >= 15 is 0 Å². The molecule has 0 saturated carbocycles. The number of aliphatic carboxylic acids is 1. The highest BCUT2D eigenvalue weighted by atomic mass is 16.4. The summed E-state index contributed by atoms with van der Waals surface area (Å²) in [6.45, 7) is 3.94. The van der Waals surface area contributed by atoms with Crippen molar-refractivity contribution in [3.8, 4) is 0 Å². The fourth-order valence-corrected chi connectivity index (χ4v) is 3.75. The average molecular weight is 392 g/mol. The number of carbonyl (C=O) groups is 1. The van der Waals surface area contributed by atoms with Gasteiger partial charge in [0.05, 0.1) is 12.2 Å². The predicted octanol–water partition coefficient (Wildman–Crippen LogP) is 4.39. The minimum Gasteiger partial charge on any atom is -0.544 e. The smallest absolute Gasteiger partial charge is 0.209 e. The lowest BCUT2D eigenvalue weighted by molar-refractivity contribution is -0.808. The molecule has 0 radical (unpaired) electrons. The maximum Gasteiger partial charge on any atom is 0.209 e. The van der Waals surface area contributed by atoms with Crippen molar-refractivity contribution in [3.63, 3.8) is 0 Å². The van der Waals surface area contributed by atoms with Crippen molar-refractivity contribution in [2.24, 2.45) is 10.7 Å². The van der Waals surface area contributed by atoms with Crippen LogP contribution >= 0.6 is 0 Å². The SMILES string of the molecule is CCCCCCC/C=C/CCCCCCCC1=NC=C[N+]1(CC(=O)[O-])C(C)N. The van der Waals surface area contributed by atoms with Crippen molar-refractivity contribution < 1.29 is 14.4 Å². The van der Waals surface area contributed by atoms with Crippen LogP contribution in [0.25, 0.3) is 0 Å². The Balaban J connectivity index is 2.09. The van der Waals surface area contributed by atoms with Gasteiger partial charge in [-0.25, -0.2) is 9.48 Å². The molecular formula is C23H41N3O2. The number of rotatable bonds is 17. The first-order valence-electron chi connectivity index (χ1n) is 11.3. The fraction of sp³-hybridized carbons (Fsp3) is 0.739. The Bertz CT molecular complexity index is 526. The monoisotopic (exact) mass is 391 g/mol. The molecule has 0 bridgehead atoms. The quantitative estimate of drug-likeness (QED) is 0.227. The van der Waals surface area contributed by atoms with Crippen LogP contribution in [-0.2, 0) is 4.79 Å². The molecule has 0 amide bonds. The summed E-state index contributed by atoms with van der Waals surface area (Å²) in [6.07, 6.45) is 23.6. The number of carbonyl (C=O) groups excluding carboxylic acids is 1. The van der Waals surface area contributed by atoms with E-state index < -0.39 is 5.97 Å². The third kappa shape index (κ3) is 9.16. The van der Waals surface area contributed by atoms with E-state index in [1.165, 1.54) is 64.2 Å². The van der Waals surface area contributed by atoms with E-state index in [0.29, 0.717) is 0 Å².